The Bertz CT molecular complexity index is 340. The topological polar surface area (TPSA) is 29.5 Å². The minimum absolute atomic E-state index is 0.490. The van der Waals surface area contributed by atoms with Gasteiger partial charge in [-0.3, -0.25) is 0 Å². The first-order chi connectivity index (χ1) is 7.12. The lowest BCUT2D eigenvalue weighted by atomic mass is 9.92. The van der Waals surface area contributed by atoms with Crippen LogP contribution in [0.25, 0.3) is 0 Å². The third-order valence-electron chi connectivity index (χ3n) is 3.15. The van der Waals surface area contributed by atoms with Crippen molar-refractivity contribution < 1.29 is 9.84 Å². The number of rotatable bonds is 4. The Balaban J connectivity index is 2.09. The van der Waals surface area contributed by atoms with Gasteiger partial charge < -0.3 is 9.84 Å². The van der Waals surface area contributed by atoms with Gasteiger partial charge in [0.1, 0.15) is 5.75 Å². The first-order valence-corrected chi connectivity index (χ1v) is 5.47. The van der Waals surface area contributed by atoms with E-state index in [1.807, 2.05) is 31.2 Å². The quantitative estimate of drug-likeness (QED) is 0.819. The lowest BCUT2D eigenvalue weighted by molar-refractivity contribution is 0.0372. The summed E-state index contributed by atoms with van der Waals surface area (Å²) in [6, 6.07) is 7.93. The monoisotopic (exact) mass is 206 g/mol. The van der Waals surface area contributed by atoms with E-state index in [1.165, 1.54) is 0 Å². The molecule has 1 aromatic rings. The van der Waals surface area contributed by atoms with Gasteiger partial charge in [0.25, 0.3) is 0 Å². The van der Waals surface area contributed by atoms with Crippen LogP contribution in [0.15, 0.2) is 24.3 Å². The predicted octanol–water partition coefficient (Wildman–Crippen LogP) is 2.40. The summed E-state index contributed by atoms with van der Waals surface area (Å²) in [6.45, 7) is 1.93. The zero-order chi connectivity index (χ0) is 10.9. The average Bonchev–Trinajstić information content (AvgIpc) is 3.00. The second kappa shape index (κ2) is 3.86. The summed E-state index contributed by atoms with van der Waals surface area (Å²) in [7, 11) is 1.66. The molecule has 82 valence electrons. The Kier molecular flexibility index (Phi) is 2.70. The van der Waals surface area contributed by atoms with Crippen LogP contribution in [0.4, 0.5) is 0 Å². The summed E-state index contributed by atoms with van der Waals surface area (Å²) >= 11 is 0. The first-order valence-electron chi connectivity index (χ1n) is 5.47. The molecule has 1 unspecified atom stereocenters. The zero-order valence-electron chi connectivity index (χ0n) is 9.36. The van der Waals surface area contributed by atoms with Gasteiger partial charge in [-0.25, -0.2) is 0 Å². The van der Waals surface area contributed by atoms with Crippen molar-refractivity contribution in [3.63, 3.8) is 0 Å². The van der Waals surface area contributed by atoms with E-state index in [9.17, 15) is 5.11 Å². The van der Waals surface area contributed by atoms with Crippen LogP contribution in [-0.2, 0) is 6.42 Å². The number of methoxy groups -OCH3 is 1. The molecule has 0 heterocycles. The molecule has 0 aromatic heterocycles. The van der Waals surface area contributed by atoms with Gasteiger partial charge in [-0.2, -0.15) is 0 Å². The summed E-state index contributed by atoms with van der Waals surface area (Å²) in [5.41, 5.74) is 0.595. The third-order valence-corrected chi connectivity index (χ3v) is 3.15. The molecule has 2 heteroatoms. The fraction of sp³-hybridized carbons (Fsp3) is 0.538. The van der Waals surface area contributed by atoms with Crippen molar-refractivity contribution in [3.8, 4) is 5.75 Å². The van der Waals surface area contributed by atoms with Crippen molar-refractivity contribution in [1.29, 1.82) is 0 Å². The van der Waals surface area contributed by atoms with Crippen LogP contribution < -0.4 is 4.74 Å². The Hall–Kier alpha value is -1.02. The Morgan fingerprint density at radius 3 is 2.80 bits per heavy atom. The molecule has 2 rings (SSSR count). The van der Waals surface area contributed by atoms with E-state index in [0.29, 0.717) is 5.92 Å². The second-order valence-electron chi connectivity index (χ2n) is 4.66. The molecule has 1 N–H and O–H groups in total. The third kappa shape index (κ3) is 2.51. The van der Waals surface area contributed by atoms with E-state index in [1.54, 1.807) is 7.11 Å². The van der Waals surface area contributed by atoms with Crippen molar-refractivity contribution in [2.45, 2.75) is 31.8 Å². The number of hydrogen-bond acceptors (Lipinski definition) is 2. The number of hydrogen-bond donors (Lipinski definition) is 1. The second-order valence-corrected chi connectivity index (χ2v) is 4.66. The van der Waals surface area contributed by atoms with Crippen molar-refractivity contribution in [2.75, 3.05) is 7.11 Å². The summed E-state index contributed by atoms with van der Waals surface area (Å²) in [5, 5.41) is 10.2. The molecule has 1 aliphatic rings. The normalized spacial score (nSPS) is 19.7. The molecular weight excluding hydrogens is 188 g/mol. The number of aliphatic hydroxyl groups is 1. The minimum Gasteiger partial charge on any atom is -0.497 e. The highest BCUT2D eigenvalue weighted by Crippen LogP contribution is 2.41. The molecule has 15 heavy (non-hydrogen) atoms. The van der Waals surface area contributed by atoms with Crippen molar-refractivity contribution in [3.05, 3.63) is 29.8 Å². The lowest BCUT2D eigenvalue weighted by Crippen LogP contribution is -2.29. The maximum atomic E-state index is 10.2. The average molecular weight is 206 g/mol. The Morgan fingerprint density at radius 2 is 2.20 bits per heavy atom. The molecule has 1 aromatic carbocycles. The minimum atomic E-state index is -0.549. The maximum absolute atomic E-state index is 10.2. The SMILES string of the molecule is COc1cccc(CC(C)(O)C2CC2)c1. The van der Waals surface area contributed by atoms with Gasteiger partial charge in [-0.15, -0.1) is 0 Å². The largest absolute Gasteiger partial charge is 0.497 e. The van der Waals surface area contributed by atoms with E-state index in [0.717, 1.165) is 30.6 Å². The van der Waals surface area contributed by atoms with Crippen LogP contribution in [0.5, 0.6) is 5.75 Å². The van der Waals surface area contributed by atoms with E-state index < -0.39 is 5.60 Å². The number of benzene rings is 1. The van der Waals surface area contributed by atoms with Crippen LogP contribution in [0, 0.1) is 5.92 Å². The van der Waals surface area contributed by atoms with E-state index in [2.05, 4.69) is 0 Å². The summed E-state index contributed by atoms with van der Waals surface area (Å²) in [4.78, 5) is 0. The molecule has 0 amide bonds. The molecule has 0 bridgehead atoms. The van der Waals surface area contributed by atoms with Crippen LogP contribution in [0.2, 0.25) is 0 Å². The van der Waals surface area contributed by atoms with Crippen LogP contribution in [0.3, 0.4) is 0 Å². The molecule has 1 fully saturated rings. The van der Waals surface area contributed by atoms with Crippen molar-refractivity contribution in [1.82, 2.24) is 0 Å². The van der Waals surface area contributed by atoms with Gasteiger partial charge in [0.15, 0.2) is 0 Å². The highest BCUT2D eigenvalue weighted by Gasteiger charge is 2.39. The summed E-state index contributed by atoms with van der Waals surface area (Å²) in [6.07, 6.45) is 3.04. The standard InChI is InChI=1S/C13H18O2/c1-13(14,11-6-7-11)9-10-4-3-5-12(8-10)15-2/h3-5,8,11,14H,6-7,9H2,1-2H3. The highest BCUT2D eigenvalue weighted by atomic mass is 16.5. The van der Waals surface area contributed by atoms with E-state index in [-0.39, 0.29) is 0 Å². The fourth-order valence-electron chi connectivity index (χ4n) is 2.05. The number of ether oxygens (including phenoxy) is 1. The highest BCUT2D eigenvalue weighted by molar-refractivity contribution is 5.29. The Morgan fingerprint density at radius 1 is 1.47 bits per heavy atom. The molecule has 0 spiro atoms. The Labute approximate surface area is 90.9 Å². The van der Waals surface area contributed by atoms with E-state index >= 15 is 0 Å². The molecule has 2 nitrogen and oxygen atoms in total. The van der Waals surface area contributed by atoms with Gasteiger partial charge >= 0.3 is 0 Å². The molecule has 1 atom stereocenters. The lowest BCUT2D eigenvalue weighted by Gasteiger charge is -2.23. The van der Waals surface area contributed by atoms with Gasteiger partial charge in [0, 0.05) is 6.42 Å². The predicted molar refractivity (Wildman–Crippen MR) is 60.0 cm³/mol. The molecule has 0 saturated heterocycles. The van der Waals surface area contributed by atoms with E-state index in [4.69, 9.17) is 4.74 Å². The zero-order valence-corrected chi connectivity index (χ0v) is 9.36. The first kappa shape index (κ1) is 10.5. The van der Waals surface area contributed by atoms with Crippen LogP contribution in [-0.4, -0.2) is 17.8 Å². The smallest absolute Gasteiger partial charge is 0.119 e. The summed E-state index contributed by atoms with van der Waals surface area (Å²) in [5.74, 6) is 1.35. The molecule has 0 aliphatic heterocycles. The van der Waals surface area contributed by atoms with Crippen molar-refractivity contribution >= 4 is 0 Å². The van der Waals surface area contributed by atoms with Crippen LogP contribution in [0.1, 0.15) is 25.3 Å². The molecule has 0 radical (unpaired) electrons. The van der Waals surface area contributed by atoms with Gasteiger partial charge in [0.05, 0.1) is 12.7 Å². The van der Waals surface area contributed by atoms with Gasteiger partial charge in [-0.05, 0) is 43.4 Å². The molecule has 1 aliphatic carbocycles. The van der Waals surface area contributed by atoms with Gasteiger partial charge in [-0.1, -0.05) is 12.1 Å². The molecular formula is C13H18O2. The van der Waals surface area contributed by atoms with Crippen LogP contribution >= 0.6 is 0 Å². The maximum Gasteiger partial charge on any atom is 0.119 e. The fourth-order valence-corrected chi connectivity index (χ4v) is 2.05. The van der Waals surface area contributed by atoms with Gasteiger partial charge in [0.2, 0.25) is 0 Å². The summed E-state index contributed by atoms with van der Waals surface area (Å²) < 4.78 is 5.16. The van der Waals surface area contributed by atoms with Crippen molar-refractivity contribution in [2.24, 2.45) is 5.92 Å². The molecule has 1 saturated carbocycles.